The number of carbonyl (C=O) groups is 2. The lowest BCUT2D eigenvalue weighted by Gasteiger charge is -2.22. The molecule has 0 aliphatic carbocycles. The summed E-state index contributed by atoms with van der Waals surface area (Å²) in [5, 5.41) is 20.9. The molecule has 110 valence electrons. The molecule has 1 aromatic rings. The predicted molar refractivity (Wildman–Crippen MR) is 71.8 cm³/mol. The maximum Gasteiger partial charge on any atom is 0.335 e. The van der Waals surface area contributed by atoms with Gasteiger partial charge in [0, 0.05) is 0 Å². The third-order valence-corrected chi connectivity index (χ3v) is 2.97. The number of rotatable bonds is 6. The topological polar surface area (TPSA) is 86.6 Å². The molecule has 1 rings (SSSR count). The quantitative estimate of drug-likeness (QED) is 0.695. The summed E-state index contributed by atoms with van der Waals surface area (Å²) in [7, 11) is 0. The second kappa shape index (κ2) is 7.42. The average Bonchev–Trinajstić information content (AvgIpc) is 2.43. The molecule has 0 radical (unpaired) electrons. The molecule has 20 heavy (non-hydrogen) atoms. The highest BCUT2D eigenvalue weighted by atomic mass is 35.5. The summed E-state index contributed by atoms with van der Waals surface area (Å²) in [4.78, 5) is 20.6. The number of carbonyl (C=O) groups excluding carboxylic acids is 1. The van der Waals surface area contributed by atoms with Gasteiger partial charge in [-0.25, -0.2) is 9.18 Å². The van der Waals surface area contributed by atoms with E-state index in [1.165, 1.54) is 24.3 Å². The number of aromatic carboxylic acids is 1. The van der Waals surface area contributed by atoms with Crippen LogP contribution in [0.4, 0.5) is 4.39 Å². The zero-order chi connectivity index (χ0) is 15.3. The van der Waals surface area contributed by atoms with Crippen molar-refractivity contribution in [1.29, 1.82) is 0 Å². The van der Waals surface area contributed by atoms with Gasteiger partial charge in [0.2, 0.25) is 0 Å². The highest BCUT2D eigenvalue weighted by Crippen LogP contribution is 2.19. The molecule has 0 saturated heterocycles. The third-order valence-electron chi connectivity index (χ3n) is 2.57. The van der Waals surface area contributed by atoms with Crippen LogP contribution in [0.3, 0.4) is 0 Å². The molecule has 0 saturated carbocycles. The van der Waals surface area contributed by atoms with Gasteiger partial charge in [0.1, 0.15) is 12.8 Å². The number of hydrogen-bond acceptors (Lipinski definition) is 3. The Balaban J connectivity index is 2.82. The van der Waals surface area contributed by atoms with E-state index in [1.807, 2.05) is 0 Å². The van der Waals surface area contributed by atoms with Crippen LogP contribution in [0, 0.1) is 0 Å². The van der Waals surface area contributed by atoms with Crippen molar-refractivity contribution in [2.24, 2.45) is 0 Å². The molecular weight excluding hydrogens is 312 g/mol. The van der Waals surface area contributed by atoms with Crippen LogP contribution in [0.1, 0.15) is 22.0 Å². The van der Waals surface area contributed by atoms with Crippen LogP contribution in [0.25, 0.3) is 0 Å². The van der Waals surface area contributed by atoms with Gasteiger partial charge in [-0.3, -0.25) is 4.79 Å². The van der Waals surface area contributed by atoms with Gasteiger partial charge in [-0.05, 0) is 17.7 Å². The smallest absolute Gasteiger partial charge is 0.335 e. The number of aliphatic hydroxyl groups is 1. The van der Waals surface area contributed by atoms with Gasteiger partial charge < -0.3 is 15.5 Å². The Labute approximate surface area is 124 Å². The predicted octanol–water partition coefficient (Wildman–Crippen LogP) is 1.68. The van der Waals surface area contributed by atoms with E-state index in [1.54, 1.807) is 0 Å². The molecular formula is C12H12Cl2FNO4. The number of hydrogen-bond donors (Lipinski definition) is 3. The molecule has 8 heteroatoms. The molecule has 0 heterocycles. The lowest BCUT2D eigenvalue weighted by atomic mass is 10.0. The number of amides is 1. The van der Waals surface area contributed by atoms with Gasteiger partial charge in [0.05, 0.1) is 11.6 Å². The second-order valence-electron chi connectivity index (χ2n) is 3.94. The van der Waals surface area contributed by atoms with Gasteiger partial charge in [0.25, 0.3) is 5.91 Å². The molecule has 0 aliphatic rings. The summed E-state index contributed by atoms with van der Waals surface area (Å²) in [5.41, 5.74) is 0.294. The molecule has 3 N–H and O–H groups in total. The SMILES string of the molecule is O=C(O)c1ccc(C(O)C(CF)NC(=O)C(Cl)Cl)cc1. The highest BCUT2D eigenvalue weighted by molar-refractivity contribution is 6.53. The first-order valence-corrected chi connectivity index (χ1v) is 6.40. The molecule has 1 amide bonds. The molecule has 0 fully saturated rings. The summed E-state index contributed by atoms with van der Waals surface area (Å²) >= 11 is 10.6. The first-order valence-electron chi connectivity index (χ1n) is 5.52. The Morgan fingerprint density at radius 3 is 2.20 bits per heavy atom. The van der Waals surface area contributed by atoms with Gasteiger partial charge >= 0.3 is 5.97 Å². The maximum atomic E-state index is 12.9. The maximum absolute atomic E-state index is 12.9. The van der Waals surface area contributed by atoms with Crippen LogP contribution >= 0.6 is 23.2 Å². The van der Waals surface area contributed by atoms with E-state index in [4.69, 9.17) is 28.3 Å². The molecule has 5 nitrogen and oxygen atoms in total. The van der Waals surface area contributed by atoms with Crippen molar-refractivity contribution in [1.82, 2.24) is 5.32 Å². The molecule has 0 aliphatic heterocycles. The summed E-state index contributed by atoms with van der Waals surface area (Å²) in [6.45, 7) is -1.03. The summed E-state index contributed by atoms with van der Waals surface area (Å²) < 4.78 is 12.9. The van der Waals surface area contributed by atoms with E-state index < -0.39 is 35.5 Å². The molecule has 0 bridgehead atoms. The second-order valence-corrected chi connectivity index (χ2v) is 5.04. The van der Waals surface area contributed by atoms with Crippen molar-refractivity contribution in [3.63, 3.8) is 0 Å². The van der Waals surface area contributed by atoms with Crippen LogP contribution in [0.5, 0.6) is 0 Å². The minimum absolute atomic E-state index is 0.0309. The Kier molecular flexibility index (Phi) is 6.19. The van der Waals surface area contributed by atoms with Crippen molar-refractivity contribution in [3.05, 3.63) is 35.4 Å². The fourth-order valence-electron chi connectivity index (χ4n) is 1.50. The lowest BCUT2D eigenvalue weighted by molar-refractivity contribution is -0.121. The fraction of sp³-hybridized carbons (Fsp3) is 0.333. The molecule has 0 spiro atoms. The Morgan fingerprint density at radius 1 is 1.25 bits per heavy atom. The van der Waals surface area contributed by atoms with Crippen LogP contribution in [-0.4, -0.2) is 39.6 Å². The minimum Gasteiger partial charge on any atom is -0.478 e. The van der Waals surface area contributed by atoms with Gasteiger partial charge in [0.15, 0.2) is 4.84 Å². The summed E-state index contributed by atoms with van der Waals surface area (Å²) in [6, 6.07) is 3.98. The van der Waals surface area contributed by atoms with Crippen molar-refractivity contribution in [2.75, 3.05) is 6.67 Å². The Morgan fingerprint density at radius 2 is 1.80 bits per heavy atom. The van der Waals surface area contributed by atoms with Crippen molar-refractivity contribution in [3.8, 4) is 0 Å². The lowest BCUT2D eigenvalue weighted by Crippen LogP contribution is -2.43. The summed E-state index contributed by atoms with van der Waals surface area (Å²) in [6.07, 6.45) is -1.35. The zero-order valence-corrected chi connectivity index (χ0v) is 11.6. The third kappa shape index (κ3) is 4.33. The van der Waals surface area contributed by atoms with Gasteiger partial charge in [-0.1, -0.05) is 35.3 Å². The Bertz CT molecular complexity index is 481. The number of halogens is 3. The number of alkyl halides is 3. The van der Waals surface area contributed by atoms with Crippen LogP contribution < -0.4 is 5.32 Å². The molecule has 2 unspecified atom stereocenters. The highest BCUT2D eigenvalue weighted by Gasteiger charge is 2.25. The molecule has 1 aromatic carbocycles. The Hall–Kier alpha value is -1.37. The largest absolute Gasteiger partial charge is 0.478 e. The van der Waals surface area contributed by atoms with E-state index in [0.717, 1.165) is 0 Å². The van der Waals surface area contributed by atoms with Gasteiger partial charge in [-0.15, -0.1) is 0 Å². The van der Waals surface area contributed by atoms with Gasteiger partial charge in [-0.2, -0.15) is 0 Å². The molecule has 0 aromatic heterocycles. The van der Waals surface area contributed by atoms with E-state index in [2.05, 4.69) is 5.32 Å². The van der Waals surface area contributed by atoms with Crippen molar-refractivity contribution >= 4 is 35.1 Å². The van der Waals surface area contributed by atoms with E-state index in [-0.39, 0.29) is 11.1 Å². The van der Waals surface area contributed by atoms with Crippen LogP contribution in [-0.2, 0) is 4.79 Å². The van der Waals surface area contributed by atoms with E-state index >= 15 is 0 Å². The first kappa shape index (κ1) is 16.7. The van der Waals surface area contributed by atoms with Crippen molar-refractivity contribution in [2.45, 2.75) is 17.0 Å². The number of benzene rings is 1. The number of carboxylic acid groups (broad SMARTS) is 1. The number of nitrogens with one attached hydrogen (secondary N) is 1. The number of aliphatic hydroxyl groups excluding tert-OH is 1. The van der Waals surface area contributed by atoms with E-state index in [0.29, 0.717) is 0 Å². The van der Waals surface area contributed by atoms with Crippen LogP contribution in [0.15, 0.2) is 24.3 Å². The van der Waals surface area contributed by atoms with Crippen molar-refractivity contribution < 1.29 is 24.2 Å². The van der Waals surface area contributed by atoms with Crippen LogP contribution in [0.2, 0.25) is 0 Å². The molecule has 2 atom stereocenters. The monoisotopic (exact) mass is 323 g/mol. The number of carboxylic acids is 1. The van der Waals surface area contributed by atoms with E-state index in [9.17, 15) is 19.1 Å². The average molecular weight is 324 g/mol. The summed E-state index contributed by atoms with van der Waals surface area (Å²) in [5.74, 6) is -1.94. The minimum atomic E-state index is -1.37. The zero-order valence-electron chi connectivity index (χ0n) is 10.1. The standard InChI is InChI=1S/C12H12Cl2FNO4/c13-10(14)11(18)16-8(5-15)9(17)6-1-3-7(4-2-6)12(19)20/h1-4,8-10,17H,5H2,(H,16,18)(H,19,20). The fourth-order valence-corrected chi connectivity index (χ4v) is 1.63. The first-order chi connectivity index (χ1) is 9.36. The normalized spacial score (nSPS) is 13.8.